The van der Waals surface area contributed by atoms with Crippen molar-refractivity contribution in [2.24, 2.45) is 0 Å². The predicted octanol–water partition coefficient (Wildman–Crippen LogP) is 1.42. The maximum atomic E-state index is 15.1. The van der Waals surface area contributed by atoms with E-state index in [9.17, 15) is 22.7 Å². The van der Waals surface area contributed by atoms with Crippen LogP contribution in [0.4, 0.5) is 26.0 Å². The molecule has 1 saturated heterocycles. The van der Waals surface area contributed by atoms with E-state index in [0.29, 0.717) is 4.41 Å². The molecule has 0 saturated carbocycles. The zero-order valence-corrected chi connectivity index (χ0v) is 17.1. The fourth-order valence-electron chi connectivity index (χ4n) is 2.88. The third-order valence-corrected chi connectivity index (χ3v) is 4.92. The first kappa shape index (κ1) is 22.7. The van der Waals surface area contributed by atoms with E-state index in [2.05, 4.69) is 15.6 Å². The Kier molecular flexibility index (Phi) is 7.22. The van der Waals surface area contributed by atoms with Gasteiger partial charge in [-0.1, -0.05) is 0 Å². The third kappa shape index (κ3) is 5.38. The number of anilines is 3. The molecule has 13 heteroatoms. The molecule has 1 fully saturated rings. The van der Waals surface area contributed by atoms with E-state index in [1.165, 1.54) is 30.3 Å². The monoisotopic (exact) mass is 454 g/mol. The number of hydrazine groups is 1. The van der Waals surface area contributed by atoms with Crippen LogP contribution in [0.15, 0.2) is 30.5 Å². The fraction of sp³-hybridized carbons (Fsp3) is 0.278. The molecule has 3 rings (SSSR count). The highest BCUT2D eigenvalue weighted by Crippen LogP contribution is 2.28. The van der Waals surface area contributed by atoms with Crippen molar-refractivity contribution in [2.45, 2.75) is 6.92 Å². The second-order valence-corrected chi connectivity index (χ2v) is 7.16. The largest absolute Gasteiger partial charge is 0.754 e. The number of carbonyl (C=O) groups is 2. The van der Waals surface area contributed by atoms with Crippen molar-refractivity contribution >= 4 is 40.3 Å². The zero-order chi connectivity index (χ0) is 22.5. The molecule has 1 aromatic heterocycles. The minimum absolute atomic E-state index is 0.112. The first-order valence-electron chi connectivity index (χ1n) is 9.03. The maximum Gasteiger partial charge on any atom is 0.261 e. The number of carbonyl (C=O) groups excluding carboxylic acids is 2. The van der Waals surface area contributed by atoms with Gasteiger partial charge in [0.25, 0.3) is 5.91 Å². The third-order valence-electron chi connectivity index (χ3n) is 4.21. The molecule has 10 nitrogen and oxygen atoms in total. The van der Waals surface area contributed by atoms with Gasteiger partial charge in [0.2, 0.25) is 5.91 Å². The molecule has 1 atom stereocenters. The van der Waals surface area contributed by atoms with Crippen LogP contribution < -0.4 is 15.0 Å². The van der Waals surface area contributed by atoms with E-state index in [0.717, 1.165) is 12.1 Å². The molecule has 0 aliphatic carbocycles. The summed E-state index contributed by atoms with van der Waals surface area (Å²) in [6, 6.07) is 4.52. The van der Waals surface area contributed by atoms with Crippen molar-refractivity contribution in [3.63, 3.8) is 0 Å². The van der Waals surface area contributed by atoms with E-state index in [1.54, 1.807) is 0 Å². The minimum atomic E-state index is -2.92. The molecule has 0 radical (unpaired) electrons. The van der Waals surface area contributed by atoms with Gasteiger partial charge in [-0.25, -0.2) is 23.2 Å². The summed E-state index contributed by atoms with van der Waals surface area (Å²) in [5.74, 6) is -3.75. The summed E-state index contributed by atoms with van der Waals surface area (Å²) in [4.78, 5) is 27.5. The summed E-state index contributed by atoms with van der Waals surface area (Å²) in [6.07, 6.45) is 1.19. The van der Waals surface area contributed by atoms with Crippen molar-refractivity contribution in [3.8, 4) is 0 Å². The van der Waals surface area contributed by atoms with Crippen LogP contribution in [-0.2, 0) is 20.8 Å². The summed E-state index contributed by atoms with van der Waals surface area (Å²) in [5, 5.41) is 6.05. The topological polar surface area (TPSA) is 127 Å². The van der Waals surface area contributed by atoms with Gasteiger partial charge >= 0.3 is 0 Å². The number of pyridine rings is 1. The number of morpholine rings is 1. The molecule has 2 aromatic rings. The Morgan fingerprint density at radius 3 is 2.48 bits per heavy atom. The average Bonchev–Trinajstić information content (AvgIpc) is 2.71. The Balaban J connectivity index is 1.87. The fourth-order valence-corrected chi connectivity index (χ4v) is 3.53. The number of aromatic nitrogens is 1. The van der Waals surface area contributed by atoms with Crippen LogP contribution >= 0.6 is 0 Å². The lowest BCUT2D eigenvalue weighted by molar-refractivity contribution is -0.114. The Labute approximate surface area is 178 Å². The van der Waals surface area contributed by atoms with E-state index < -0.39 is 40.1 Å². The van der Waals surface area contributed by atoms with E-state index in [-0.39, 0.29) is 43.7 Å². The Morgan fingerprint density at radius 1 is 1.19 bits per heavy atom. The number of ether oxygens (including phenoxy) is 1. The smallest absolute Gasteiger partial charge is 0.261 e. The van der Waals surface area contributed by atoms with Crippen LogP contribution in [0.3, 0.4) is 0 Å². The molecule has 1 unspecified atom stereocenters. The maximum absolute atomic E-state index is 15.1. The molecule has 166 valence electrons. The van der Waals surface area contributed by atoms with Crippen LogP contribution in [0.5, 0.6) is 0 Å². The number of rotatable bonds is 6. The minimum Gasteiger partial charge on any atom is -0.754 e. The lowest BCUT2D eigenvalue weighted by Crippen LogP contribution is -2.50. The highest BCUT2D eigenvalue weighted by atomic mass is 32.2. The Bertz CT molecular complexity index is 1000. The van der Waals surface area contributed by atoms with Crippen molar-refractivity contribution in [2.75, 3.05) is 41.4 Å². The van der Waals surface area contributed by atoms with Gasteiger partial charge in [-0.15, -0.1) is 0 Å². The van der Waals surface area contributed by atoms with Gasteiger partial charge in [0.15, 0.2) is 5.82 Å². The molecular weight excluding hydrogens is 436 g/mol. The number of halogens is 2. The van der Waals surface area contributed by atoms with E-state index in [4.69, 9.17) is 4.74 Å². The standard InChI is InChI=1S/C18H19F2N5O5S/c1-11(26)22-15-5-2-12(10-21-15)23-18(27)16-13(19)3-4-14(17(16)20)25(31(28)29)24-6-8-30-9-7-24/h2-5,10H,6-9H2,1H3,(H,23,27)(H,28,29)(H,21,22,26)/p-1. The van der Waals surface area contributed by atoms with Crippen molar-refractivity contribution in [1.82, 2.24) is 9.99 Å². The van der Waals surface area contributed by atoms with Crippen LogP contribution in [0, 0.1) is 11.6 Å². The van der Waals surface area contributed by atoms with Gasteiger partial charge in [-0.3, -0.25) is 13.8 Å². The second kappa shape index (κ2) is 9.87. The highest BCUT2D eigenvalue weighted by Gasteiger charge is 2.28. The number of amides is 2. The quantitative estimate of drug-likeness (QED) is 0.632. The van der Waals surface area contributed by atoms with Gasteiger partial charge in [0, 0.05) is 20.0 Å². The van der Waals surface area contributed by atoms with E-state index in [1.807, 2.05) is 0 Å². The van der Waals surface area contributed by atoms with Gasteiger partial charge in [0.1, 0.15) is 22.9 Å². The first-order chi connectivity index (χ1) is 14.8. The highest BCUT2D eigenvalue weighted by molar-refractivity contribution is 7.80. The number of hydrogen-bond acceptors (Lipinski definition) is 7. The molecule has 2 N–H and O–H groups in total. The molecular formula is C18H18F2N5O5S-. The van der Waals surface area contributed by atoms with Gasteiger partial charge in [-0.2, -0.15) is 0 Å². The van der Waals surface area contributed by atoms with Gasteiger partial charge < -0.3 is 19.9 Å². The summed E-state index contributed by atoms with van der Waals surface area (Å²) in [7, 11) is 0. The molecule has 1 aliphatic rings. The Hall–Kier alpha value is -3.00. The van der Waals surface area contributed by atoms with Crippen LogP contribution in [0.25, 0.3) is 0 Å². The number of hydrogen-bond donors (Lipinski definition) is 2. The summed E-state index contributed by atoms with van der Waals surface area (Å²) < 4.78 is 58.8. The van der Waals surface area contributed by atoms with Gasteiger partial charge in [0.05, 0.1) is 36.4 Å². The summed E-state index contributed by atoms with van der Waals surface area (Å²) in [5.41, 5.74) is -1.34. The Morgan fingerprint density at radius 2 is 1.90 bits per heavy atom. The van der Waals surface area contributed by atoms with Crippen LogP contribution in [0.2, 0.25) is 0 Å². The van der Waals surface area contributed by atoms with Crippen molar-refractivity contribution in [1.29, 1.82) is 0 Å². The van der Waals surface area contributed by atoms with Crippen LogP contribution in [-0.4, -0.2) is 56.9 Å². The predicted molar refractivity (Wildman–Crippen MR) is 107 cm³/mol. The number of benzene rings is 1. The lowest BCUT2D eigenvalue weighted by atomic mass is 10.1. The second-order valence-electron chi connectivity index (χ2n) is 6.38. The molecule has 2 heterocycles. The molecule has 31 heavy (non-hydrogen) atoms. The summed E-state index contributed by atoms with van der Waals surface area (Å²) >= 11 is -2.92. The number of nitrogens with zero attached hydrogens (tertiary/aromatic N) is 3. The normalized spacial score (nSPS) is 15.2. The molecule has 1 aliphatic heterocycles. The van der Waals surface area contributed by atoms with Crippen molar-refractivity contribution in [3.05, 3.63) is 47.7 Å². The molecule has 2 amide bonds. The average molecular weight is 454 g/mol. The first-order valence-corrected chi connectivity index (χ1v) is 10.1. The van der Waals surface area contributed by atoms with Gasteiger partial charge in [-0.05, 0) is 24.3 Å². The molecule has 0 bridgehead atoms. The molecule has 1 aromatic carbocycles. The van der Waals surface area contributed by atoms with Crippen LogP contribution in [0.1, 0.15) is 17.3 Å². The SMILES string of the molecule is CC(=O)Nc1ccc(NC(=O)c2c(F)ccc(N(N3CCOCC3)S(=O)[O-])c2F)cn1. The van der Waals surface area contributed by atoms with Crippen molar-refractivity contribution < 1.29 is 31.9 Å². The summed E-state index contributed by atoms with van der Waals surface area (Å²) in [6.45, 7) is 2.08. The molecule has 0 spiro atoms. The number of nitrogens with one attached hydrogen (secondary N) is 2. The zero-order valence-electron chi connectivity index (χ0n) is 16.3. The lowest BCUT2D eigenvalue weighted by Gasteiger charge is -2.39. The van der Waals surface area contributed by atoms with E-state index >= 15 is 4.39 Å².